The van der Waals surface area contributed by atoms with Gasteiger partial charge in [-0.2, -0.15) is 0 Å². The second-order valence-electron chi connectivity index (χ2n) is 5.71. The molecule has 0 aliphatic rings. The third-order valence-corrected chi connectivity index (χ3v) is 4.26. The fourth-order valence-corrected chi connectivity index (χ4v) is 2.78. The lowest BCUT2D eigenvalue weighted by atomic mass is 10.0. The van der Waals surface area contributed by atoms with E-state index in [2.05, 4.69) is 30.9 Å². The van der Waals surface area contributed by atoms with E-state index in [4.69, 9.17) is 9.47 Å². The molecule has 2 aromatic carbocycles. The lowest BCUT2D eigenvalue weighted by Crippen LogP contribution is -2.26. The van der Waals surface area contributed by atoms with Crippen molar-refractivity contribution in [3.05, 3.63) is 65.2 Å². The van der Waals surface area contributed by atoms with Crippen molar-refractivity contribution in [2.75, 3.05) is 20.8 Å². The minimum Gasteiger partial charge on any atom is -0.497 e. The van der Waals surface area contributed by atoms with E-state index < -0.39 is 0 Å². The van der Waals surface area contributed by atoms with Crippen LogP contribution in [0.15, 0.2) is 48.5 Å². The number of hydrogen-bond donors (Lipinski definition) is 0. The summed E-state index contributed by atoms with van der Waals surface area (Å²) in [5, 5.41) is 0. The van der Waals surface area contributed by atoms with Gasteiger partial charge < -0.3 is 9.47 Å². The van der Waals surface area contributed by atoms with Crippen LogP contribution in [0.5, 0.6) is 5.75 Å². The van der Waals surface area contributed by atoms with Gasteiger partial charge in [0.2, 0.25) is 0 Å². The molecule has 0 aliphatic carbocycles. The van der Waals surface area contributed by atoms with Gasteiger partial charge in [0.1, 0.15) is 5.75 Å². The summed E-state index contributed by atoms with van der Waals surface area (Å²) in [6, 6.07) is 16.0. The summed E-state index contributed by atoms with van der Waals surface area (Å²) >= 11 is 0. The first-order chi connectivity index (χ1) is 11.6. The van der Waals surface area contributed by atoms with Crippen LogP contribution in [0.1, 0.15) is 41.4 Å². The van der Waals surface area contributed by atoms with Crippen LogP contribution in [-0.2, 0) is 11.3 Å². The van der Waals surface area contributed by atoms with E-state index in [1.54, 1.807) is 13.2 Å². The smallest absolute Gasteiger partial charge is 0.337 e. The number of esters is 1. The van der Waals surface area contributed by atoms with Crippen LogP contribution in [-0.4, -0.2) is 31.6 Å². The van der Waals surface area contributed by atoms with Gasteiger partial charge in [-0.3, -0.25) is 4.90 Å². The lowest BCUT2D eigenvalue weighted by Gasteiger charge is -2.28. The normalized spacial score (nSPS) is 12.0. The number of carbonyl (C=O) groups is 1. The largest absolute Gasteiger partial charge is 0.497 e. The molecule has 2 rings (SSSR count). The van der Waals surface area contributed by atoms with Gasteiger partial charge in [0, 0.05) is 12.6 Å². The van der Waals surface area contributed by atoms with Crippen molar-refractivity contribution in [2.45, 2.75) is 26.4 Å². The Hall–Kier alpha value is -2.33. The van der Waals surface area contributed by atoms with Crippen LogP contribution >= 0.6 is 0 Å². The van der Waals surface area contributed by atoms with Crippen molar-refractivity contribution in [2.24, 2.45) is 0 Å². The highest BCUT2D eigenvalue weighted by molar-refractivity contribution is 5.89. The molecule has 0 radical (unpaired) electrons. The van der Waals surface area contributed by atoms with Crippen molar-refractivity contribution in [1.82, 2.24) is 4.90 Å². The fraction of sp³-hybridized carbons (Fsp3) is 0.350. The van der Waals surface area contributed by atoms with E-state index in [9.17, 15) is 4.79 Å². The quantitative estimate of drug-likeness (QED) is 0.719. The molecule has 0 spiro atoms. The van der Waals surface area contributed by atoms with Crippen molar-refractivity contribution in [3.63, 3.8) is 0 Å². The Bertz CT molecular complexity index is 684. The summed E-state index contributed by atoms with van der Waals surface area (Å²) in [5.41, 5.74) is 2.88. The molecule has 0 fully saturated rings. The van der Waals surface area contributed by atoms with Crippen LogP contribution in [0.4, 0.5) is 0 Å². The zero-order valence-electron chi connectivity index (χ0n) is 14.8. The monoisotopic (exact) mass is 327 g/mol. The van der Waals surface area contributed by atoms with Crippen LogP contribution in [0.2, 0.25) is 0 Å². The average Bonchev–Trinajstić information content (AvgIpc) is 2.65. The number of methoxy groups -OCH3 is 2. The van der Waals surface area contributed by atoms with Crippen molar-refractivity contribution >= 4 is 5.97 Å². The second kappa shape index (κ2) is 8.50. The second-order valence-corrected chi connectivity index (χ2v) is 5.71. The van der Waals surface area contributed by atoms with Crippen LogP contribution in [0, 0.1) is 0 Å². The van der Waals surface area contributed by atoms with Gasteiger partial charge >= 0.3 is 5.97 Å². The van der Waals surface area contributed by atoms with Crippen molar-refractivity contribution in [1.29, 1.82) is 0 Å². The Labute approximate surface area is 144 Å². The topological polar surface area (TPSA) is 38.8 Å². The van der Waals surface area contributed by atoms with E-state index in [1.165, 1.54) is 12.7 Å². The molecule has 4 nitrogen and oxygen atoms in total. The maximum absolute atomic E-state index is 11.7. The molecule has 2 aromatic rings. The van der Waals surface area contributed by atoms with Gasteiger partial charge in [-0.15, -0.1) is 0 Å². The maximum Gasteiger partial charge on any atom is 0.337 e. The minimum absolute atomic E-state index is 0.242. The predicted octanol–water partition coefficient (Wildman–Crippen LogP) is 4.06. The Morgan fingerprint density at radius 1 is 1.12 bits per heavy atom. The highest BCUT2D eigenvalue weighted by Gasteiger charge is 2.16. The molecule has 1 atom stereocenters. The zero-order valence-corrected chi connectivity index (χ0v) is 14.8. The maximum atomic E-state index is 11.7. The molecule has 0 saturated carbocycles. The number of benzene rings is 2. The van der Waals surface area contributed by atoms with E-state index in [1.807, 2.05) is 30.3 Å². The zero-order chi connectivity index (χ0) is 17.5. The standard InChI is InChI=1S/C20H25NO3/c1-5-21(15(2)17-9-7-11-19(13-17)23-3)14-16-8-6-10-18(12-16)20(22)24-4/h6-13,15H,5,14H2,1-4H3. The van der Waals surface area contributed by atoms with Crippen LogP contribution in [0.3, 0.4) is 0 Å². The summed E-state index contributed by atoms with van der Waals surface area (Å²) in [6.07, 6.45) is 0. The summed E-state index contributed by atoms with van der Waals surface area (Å²) in [4.78, 5) is 14.0. The molecule has 0 saturated heterocycles. The number of carbonyl (C=O) groups excluding carboxylic acids is 1. The van der Waals surface area contributed by atoms with Crippen molar-refractivity contribution in [3.8, 4) is 5.75 Å². The van der Waals surface area contributed by atoms with Crippen LogP contribution in [0.25, 0.3) is 0 Å². The van der Waals surface area contributed by atoms with Crippen LogP contribution < -0.4 is 4.74 Å². The van der Waals surface area contributed by atoms with Crippen molar-refractivity contribution < 1.29 is 14.3 Å². The molecular formula is C20H25NO3. The predicted molar refractivity (Wildman–Crippen MR) is 95.3 cm³/mol. The number of rotatable bonds is 7. The first-order valence-corrected chi connectivity index (χ1v) is 8.14. The first kappa shape index (κ1) is 18.0. The Balaban J connectivity index is 2.17. The third-order valence-electron chi connectivity index (χ3n) is 4.26. The molecule has 0 aromatic heterocycles. The van der Waals surface area contributed by atoms with E-state index in [-0.39, 0.29) is 12.0 Å². The molecule has 0 bridgehead atoms. The van der Waals surface area contributed by atoms with Gasteiger partial charge in [-0.1, -0.05) is 31.2 Å². The third kappa shape index (κ3) is 4.36. The van der Waals surface area contributed by atoms with Gasteiger partial charge in [0.05, 0.1) is 19.8 Å². The first-order valence-electron chi connectivity index (χ1n) is 8.14. The van der Waals surface area contributed by atoms with E-state index in [0.29, 0.717) is 5.56 Å². The fourth-order valence-electron chi connectivity index (χ4n) is 2.78. The molecule has 0 aliphatic heterocycles. The number of ether oxygens (including phenoxy) is 2. The molecule has 128 valence electrons. The SMILES string of the molecule is CCN(Cc1cccc(C(=O)OC)c1)C(C)c1cccc(OC)c1. The van der Waals surface area contributed by atoms with Gasteiger partial charge in [-0.05, 0) is 48.9 Å². The molecule has 0 amide bonds. The summed E-state index contributed by atoms with van der Waals surface area (Å²) in [7, 11) is 3.08. The Morgan fingerprint density at radius 3 is 2.54 bits per heavy atom. The van der Waals surface area contributed by atoms with Gasteiger partial charge in [-0.25, -0.2) is 4.79 Å². The molecule has 0 heterocycles. The van der Waals surface area contributed by atoms with Gasteiger partial charge in [0.25, 0.3) is 0 Å². The Morgan fingerprint density at radius 2 is 1.88 bits per heavy atom. The van der Waals surface area contributed by atoms with Gasteiger partial charge in [0.15, 0.2) is 0 Å². The molecule has 24 heavy (non-hydrogen) atoms. The molecule has 1 unspecified atom stereocenters. The molecular weight excluding hydrogens is 302 g/mol. The summed E-state index contributed by atoms with van der Waals surface area (Å²) in [6.45, 7) is 5.99. The minimum atomic E-state index is -0.305. The average molecular weight is 327 g/mol. The lowest BCUT2D eigenvalue weighted by molar-refractivity contribution is 0.0600. The van der Waals surface area contributed by atoms with E-state index >= 15 is 0 Å². The van der Waals surface area contributed by atoms with E-state index in [0.717, 1.165) is 24.4 Å². The number of nitrogens with zero attached hydrogens (tertiary/aromatic N) is 1. The highest BCUT2D eigenvalue weighted by atomic mass is 16.5. The molecule has 0 N–H and O–H groups in total. The molecule has 4 heteroatoms. The highest BCUT2D eigenvalue weighted by Crippen LogP contribution is 2.25. The summed E-state index contributed by atoms with van der Waals surface area (Å²) < 4.78 is 10.1. The summed E-state index contributed by atoms with van der Waals surface area (Å²) in [5.74, 6) is 0.559. The Kier molecular flexibility index (Phi) is 6.38. The number of hydrogen-bond acceptors (Lipinski definition) is 4.